The summed E-state index contributed by atoms with van der Waals surface area (Å²) in [6.45, 7) is 4.57. The fraction of sp³-hybridized carbons (Fsp3) is 0.500. The van der Waals surface area contributed by atoms with E-state index in [4.69, 9.17) is 0 Å². The third-order valence-electron chi connectivity index (χ3n) is 7.52. The predicted octanol–water partition coefficient (Wildman–Crippen LogP) is 7.33. The van der Waals surface area contributed by atoms with Crippen LogP contribution in [0, 0.1) is 11.8 Å². The molecule has 8 heteroatoms. The Morgan fingerprint density at radius 2 is 2.00 bits per heavy atom. The molecular formula is C28H33F3N4S. The maximum Gasteiger partial charge on any atom is 0.418 e. The quantitative estimate of drug-likeness (QED) is 0.342. The van der Waals surface area contributed by atoms with Crippen LogP contribution < -0.4 is 5.32 Å². The molecule has 0 radical (unpaired) electrons. The number of likely N-dealkylation sites (tertiary alicyclic amines) is 1. The number of rotatable bonds is 8. The molecular weight excluding hydrogens is 481 g/mol. The van der Waals surface area contributed by atoms with Crippen molar-refractivity contribution in [3.05, 3.63) is 75.5 Å². The summed E-state index contributed by atoms with van der Waals surface area (Å²) in [6, 6.07) is 9.32. The number of pyridine rings is 1. The highest BCUT2D eigenvalue weighted by atomic mass is 32.1. The maximum atomic E-state index is 14.0. The molecule has 1 N–H and O–H groups in total. The second-order valence-corrected chi connectivity index (χ2v) is 11.3. The van der Waals surface area contributed by atoms with E-state index in [0.717, 1.165) is 35.8 Å². The van der Waals surface area contributed by atoms with Gasteiger partial charge in [0.25, 0.3) is 0 Å². The number of halogens is 3. The van der Waals surface area contributed by atoms with Crippen molar-refractivity contribution >= 4 is 17.0 Å². The van der Waals surface area contributed by atoms with Gasteiger partial charge in [0, 0.05) is 42.5 Å². The fourth-order valence-electron chi connectivity index (χ4n) is 5.50. The summed E-state index contributed by atoms with van der Waals surface area (Å²) in [6.07, 6.45) is 4.88. The van der Waals surface area contributed by atoms with Gasteiger partial charge >= 0.3 is 6.18 Å². The number of nitrogens with zero attached hydrogens (tertiary/aromatic N) is 3. The van der Waals surface area contributed by atoms with Crippen LogP contribution in [0.2, 0.25) is 0 Å². The minimum absolute atomic E-state index is 0.0185. The van der Waals surface area contributed by atoms with Crippen LogP contribution in [0.4, 0.5) is 18.9 Å². The molecule has 2 fully saturated rings. The molecule has 1 saturated heterocycles. The number of alkyl halides is 3. The van der Waals surface area contributed by atoms with Crippen molar-refractivity contribution in [2.24, 2.45) is 11.8 Å². The lowest BCUT2D eigenvalue weighted by Crippen LogP contribution is -2.33. The Hall–Kier alpha value is -2.45. The lowest BCUT2D eigenvalue weighted by molar-refractivity contribution is -0.138. The number of piperidine rings is 1. The molecule has 3 heterocycles. The van der Waals surface area contributed by atoms with E-state index < -0.39 is 11.7 Å². The van der Waals surface area contributed by atoms with Crippen LogP contribution in [0.1, 0.15) is 72.3 Å². The normalized spacial score (nSPS) is 20.2. The summed E-state index contributed by atoms with van der Waals surface area (Å²) in [5.74, 6) is 1.38. The molecule has 0 amide bonds. The number of anilines is 1. The van der Waals surface area contributed by atoms with E-state index in [1.165, 1.54) is 31.7 Å². The van der Waals surface area contributed by atoms with Gasteiger partial charge in [0.1, 0.15) is 5.01 Å². The van der Waals surface area contributed by atoms with Crippen molar-refractivity contribution in [2.75, 3.05) is 18.4 Å². The number of nitrogens with one attached hydrogen (secondary N) is 1. The van der Waals surface area contributed by atoms with E-state index in [0.29, 0.717) is 23.9 Å². The van der Waals surface area contributed by atoms with Crippen LogP contribution in [0.5, 0.6) is 0 Å². The van der Waals surface area contributed by atoms with Crippen molar-refractivity contribution in [3.63, 3.8) is 0 Å². The molecule has 36 heavy (non-hydrogen) atoms. The van der Waals surface area contributed by atoms with E-state index in [9.17, 15) is 13.2 Å². The van der Waals surface area contributed by atoms with Gasteiger partial charge in [-0.3, -0.25) is 9.88 Å². The molecule has 4 nitrogen and oxygen atoms in total. The Kier molecular flexibility index (Phi) is 7.62. The van der Waals surface area contributed by atoms with Crippen molar-refractivity contribution < 1.29 is 13.2 Å². The van der Waals surface area contributed by atoms with Crippen LogP contribution in [0.3, 0.4) is 0 Å². The summed E-state index contributed by atoms with van der Waals surface area (Å²) in [7, 11) is 0. The fourth-order valence-corrected chi connectivity index (χ4v) is 6.36. The zero-order valence-corrected chi connectivity index (χ0v) is 21.4. The molecule has 3 aromatic rings. The first kappa shape index (κ1) is 25.2. The van der Waals surface area contributed by atoms with E-state index in [1.807, 2.05) is 23.7 Å². The highest BCUT2D eigenvalue weighted by Crippen LogP contribution is 2.44. The van der Waals surface area contributed by atoms with Gasteiger partial charge < -0.3 is 5.32 Å². The molecule has 0 spiro atoms. The van der Waals surface area contributed by atoms with Crippen molar-refractivity contribution in [1.29, 1.82) is 0 Å². The molecule has 1 aliphatic heterocycles. The average molecular weight is 515 g/mol. The average Bonchev–Trinajstić information content (AvgIpc) is 3.34. The van der Waals surface area contributed by atoms with Crippen molar-refractivity contribution in [1.82, 2.24) is 14.9 Å². The van der Waals surface area contributed by atoms with Gasteiger partial charge in [-0.25, -0.2) is 4.98 Å². The number of hydrogen-bond acceptors (Lipinski definition) is 5. The number of benzene rings is 1. The maximum absolute atomic E-state index is 14.0. The summed E-state index contributed by atoms with van der Waals surface area (Å²) < 4.78 is 41.9. The zero-order valence-electron chi connectivity index (χ0n) is 20.6. The zero-order chi connectivity index (χ0) is 25.1. The van der Waals surface area contributed by atoms with Crippen molar-refractivity contribution in [2.45, 2.75) is 64.2 Å². The minimum Gasteiger partial charge on any atom is -0.379 e. The van der Waals surface area contributed by atoms with Gasteiger partial charge in [-0.1, -0.05) is 25.5 Å². The van der Waals surface area contributed by atoms with E-state index in [1.54, 1.807) is 17.5 Å². The smallest absolute Gasteiger partial charge is 0.379 e. The second kappa shape index (κ2) is 10.9. The first-order valence-electron chi connectivity index (χ1n) is 12.9. The summed E-state index contributed by atoms with van der Waals surface area (Å²) in [5.41, 5.74) is 1.96. The molecule has 2 aliphatic rings. The number of aromatic nitrogens is 2. The van der Waals surface area contributed by atoms with Crippen molar-refractivity contribution in [3.8, 4) is 0 Å². The Morgan fingerprint density at radius 3 is 2.69 bits per heavy atom. The topological polar surface area (TPSA) is 41.1 Å². The molecule has 2 aromatic heterocycles. The van der Waals surface area contributed by atoms with E-state index in [-0.39, 0.29) is 18.2 Å². The van der Waals surface area contributed by atoms with Gasteiger partial charge in [-0.2, -0.15) is 13.2 Å². The third-order valence-corrected chi connectivity index (χ3v) is 8.38. The van der Waals surface area contributed by atoms with Crippen LogP contribution >= 0.6 is 11.3 Å². The number of hydrogen-bond donors (Lipinski definition) is 1. The first-order chi connectivity index (χ1) is 17.4. The van der Waals surface area contributed by atoms with Crippen LogP contribution in [-0.2, 0) is 19.3 Å². The first-order valence-corrected chi connectivity index (χ1v) is 13.8. The van der Waals surface area contributed by atoms with Gasteiger partial charge in [0.15, 0.2) is 0 Å². The van der Waals surface area contributed by atoms with Crippen LogP contribution in [-0.4, -0.2) is 28.0 Å². The largest absolute Gasteiger partial charge is 0.418 e. The molecule has 1 aliphatic carbocycles. The highest BCUT2D eigenvalue weighted by molar-refractivity contribution is 7.09. The van der Waals surface area contributed by atoms with Gasteiger partial charge in [0.2, 0.25) is 0 Å². The Balaban J connectivity index is 1.32. The van der Waals surface area contributed by atoms with Gasteiger partial charge in [-0.15, -0.1) is 11.3 Å². The van der Waals surface area contributed by atoms with Crippen LogP contribution in [0.25, 0.3) is 0 Å². The Bertz CT molecular complexity index is 1140. The second-order valence-electron chi connectivity index (χ2n) is 10.3. The summed E-state index contributed by atoms with van der Waals surface area (Å²) in [4.78, 5) is 11.1. The standard InChI is InChI=1S/C28H33F3N4S/c1-19-5-4-11-35(17-19)18-20-13-24(28(29,30)31)25(34-15-20)16-33-23-9-3-8-22(14-23)26(21-6-2-7-21)27-32-10-12-36-27/h3,8-10,12-15,19,21,26,33H,2,4-7,11,16-18H2,1H3/t19-,26?/m0/s1. The molecule has 0 bridgehead atoms. The summed E-state index contributed by atoms with van der Waals surface area (Å²) >= 11 is 1.67. The monoisotopic (exact) mass is 514 g/mol. The van der Waals surface area contributed by atoms with E-state index in [2.05, 4.69) is 39.2 Å². The molecule has 1 saturated carbocycles. The lowest BCUT2D eigenvalue weighted by atomic mass is 9.73. The lowest BCUT2D eigenvalue weighted by Gasteiger charge is -2.33. The molecule has 1 unspecified atom stereocenters. The minimum atomic E-state index is -4.45. The molecule has 1 aromatic carbocycles. The molecule has 192 valence electrons. The van der Waals surface area contributed by atoms with Gasteiger partial charge in [-0.05, 0) is 73.4 Å². The summed E-state index contributed by atoms with van der Waals surface area (Å²) in [5, 5.41) is 6.32. The van der Waals surface area contributed by atoms with Gasteiger partial charge in [0.05, 0.1) is 17.8 Å². The van der Waals surface area contributed by atoms with Crippen LogP contribution in [0.15, 0.2) is 48.1 Å². The molecule has 2 atom stereocenters. The Morgan fingerprint density at radius 1 is 1.14 bits per heavy atom. The Labute approximate surface area is 215 Å². The predicted molar refractivity (Wildman–Crippen MR) is 138 cm³/mol. The number of thiazole rings is 1. The SMILES string of the molecule is C[C@H]1CCCN(Cc2cnc(CNc3cccc(C(c4nccs4)C4CCC4)c3)c(C(F)(F)F)c2)C1. The highest BCUT2D eigenvalue weighted by Gasteiger charge is 2.35. The van der Waals surface area contributed by atoms with E-state index >= 15 is 0 Å². The molecule has 5 rings (SSSR count). The third kappa shape index (κ3) is 5.92.